The van der Waals surface area contributed by atoms with E-state index in [2.05, 4.69) is 0 Å². The summed E-state index contributed by atoms with van der Waals surface area (Å²) in [6, 6.07) is 5.24. The van der Waals surface area contributed by atoms with E-state index in [1.807, 2.05) is 6.07 Å². The summed E-state index contributed by atoms with van der Waals surface area (Å²) in [6.07, 6.45) is 3.69. The molecule has 110 valence electrons. The topological polar surface area (TPSA) is 35.5 Å². The maximum Gasteiger partial charge on any atom is 0.424 e. The van der Waals surface area contributed by atoms with Gasteiger partial charge < -0.3 is 0 Å². The lowest BCUT2D eigenvalue weighted by molar-refractivity contribution is -0.0392. The van der Waals surface area contributed by atoms with Crippen molar-refractivity contribution in [2.24, 2.45) is 5.41 Å². The standard InChI is InChI=1S/C13H14Cl3O3P/c14-9-3-4-10(11(15)7-9)12-13(5-1-2-6-13)8-18-20(16,17)19-12/h3-4,7,12H,1-2,5-6,8H2. The van der Waals surface area contributed by atoms with Gasteiger partial charge in [-0.25, -0.2) is 4.57 Å². The molecule has 1 saturated heterocycles. The molecule has 0 N–H and O–H groups in total. The van der Waals surface area contributed by atoms with Crippen molar-refractivity contribution in [2.45, 2.75) is 31.8 Å². The monoisotopic (exact) mass is 354 g/mol. The maximum atomic E-state index is 12.0. The Labute approximate surface area is 132 Å². The van der Waals surface area contributed by atoms with Crippen LogP contribution in [-0.4, -0.2) is 6.61 Å². The van der Waals surface area contributed by atoms with Gasteiger partial charge in [0.25, 0.3) is 0 Å². The van der Waals surface area contributed by atoms with Crippen LogP contribution in [0.15, 0.2) is 18.2 Å². The first kappa shape index (κ1) is 15.1. The van der Waals surface area contributed by atoms with Crippen LogP contribution < -0.4 is 0 Å². The fraction of sp³-hybridized carbons (Fsp3) is 0.538. The maximum absolute atomic E-state index is 12.0. The Kier molecular flexibility index (Phi) is 4.14. The van der Waals surface area contributed by atoms with Crippen LogP contribution in [0, 0.1) is 5.41 Å². The van der Waals surface area contributed by atoms with Gasteiger partial charge in [0, 0.05) is 32.3 Å². The minimum Gasteiger partial charge on any atom is -0.296 e. The lowest BCUT2D eigenvalue weighted by atomic mass is 9.78. The Hall–Kier alpha value is 0.240. The molecule has 2 atom stereocenters. The van der Waals surface area contributed by atoms with Gasteiger partial charge >= 0.3 is 6.95 Å². The van der Waals surface area contributed by atoms with Crippen LogP contribution in [0.2, 0.25) is 10.0 Å². The van der Waals surface area contributed by atoms with E-state index in [-0.39, 0.29) is 5.41 Å². The van der Waals surface area contributed by atoms with E-state index in [9.17, 15) is 4.57 Å². The zero-order valence-corrected chi connectivity index (χ0v) is 13.8. The van der Waals surface area contributed by atoms with E-state index in [1.54, 1.807) is 12.1 Å². The van der Waals surface area contributed by atoms with Crippen LogP contribution in [0.25, 0.3) is 0 Å². The van der Waals surface area contributed by atoms with Gasteiger partial charge in [0.05, 0.1) is 6.61 Å². The third kappa shape index (κ3) is 2.77. The Bertz CT molecular complexity index is 572. The molecule has 1 aliphatic heterocycles. The second-order valence-electron chi connectivity index (χ2n) is 5.42. The van der Waals surface area contributed by atoms with E-state index in [0.29, 0.717) is 16.7 Å². The minimum absolute atomic E-state index is 0.194. The molecule has 1 aromatic rings. The van der Waals surface area contributed by atoms with Crippen molar-refractivity contribution in [2.75, 3.05) is 6.61 Å². The largest absolute Gasteiger partial charge is 0.424 e. The summed E-state index contributed by atoms with van der Waals surface area (Å²) in [5.74, 6) is 0. The minimum atomic E-state index is -3.54. The predicted octanol–water partition coefficient (Wildman–Crippen LogP) is 5.99. The number of benzene rings is 1. The molecular formula is C13H14Cl3O3P. The Morgan fingerprint density at radius 2 is 1.95 bits per heavy atom. The molecule has 2 unspecified atom stereocenters. The first-order valence-corrected chi connectivity index (χ1v) is 9.70. The Balaban J connectivity index is 2.03. The number of hydrogen-bond donors (Lipinski definition) is 0. The molecule has 1 aromatic carbocycles. The summed E-state index contributed by atoms with van der Waals surface area (Å²) in [5.41, 5.74) is 0.586. The predicted molar refractivity (Wildman–Crippen MR) is 80.6 cm³/mol. The van der Waals surface area contributed by atoms with Gasteiger partial charge in [-0.05, 0) is 25.0 Å². The molecule has 0 aromatic heterocycles. The molecule has 20 heavy (non-hydrogen) atoms. The average Bonchev–Trinajstić information content (AvgIpc) is 2.83. The SMILES string of the molecule is O=P1(Cl)OCC2(CCCC2)C(c2ccc(Cl)cc2Cl)O1. The van der Waals surface area contributed by atoms with E-state index < -0.39 is 13.1 Å². The molecule has 1 spiro atoms. The van der Waals surface area contributed by atoms with Crippen LogP contribution in [0.4, 0.5) is 0 Å². The van der Waals surface area contributed by atoms with E-state index in [4.69, 9.17) is 43.5 Å². The molecule has 0 amide bonds. The highest BCUT2D eigenvalue weighted by Crippen LogP contribution is 2.67. The third-order valence-corrected chi connectivity index (χ3v) is 6.13. The lowest BCUT2D eigenvalue weighted by Gasteiger charge is -2.42. The molecule has 1 aliphatic carbocycles. The fourth-order valence-corrected chi connectivity index (χ4v) is 5.09. The molecule has 1 saturated carbocycles. The number of halogens is 3. The van der Waals surface area contributed by atoms with Crippen LogP contribution in [0.3, 0.4) is 0 Å². The Morgan fingerprint density at radius 1 is 1.25 bits per heavy atom. The Morgan fingerprint density at radius 3 is 2.60 bits per heavy atom. The molecule has 0 bridgehead atoms. The third-order valence-electron chi connectivity index (χ3n) is 4.14. The quantitative estimate of drug-likeness (QED) is 0.581. The molecule has 7 heteroatoms. The summed E-state index contributed by atoms with van der Waals surface area (Å²) < 4.78 is 22.8. The van der Waals surface area contributed by atoms with Gasteiger partial charge in [0.15, 0.2) is 0 Å². The van der Waals surface area contributed by atoms with Crippen molar-refractivity contribution in [1.82, 2.24) is 0 Å². The fourth-order valence-electron chi connectivity index (χ4n) is 3.14. The average molecular weight is 356 g/mol. The second-order valence-corrected chi connectivity index (χ2v) is 8.84. The lowest BCUT2D eigenvalue weighted by Crippen LogP contribution is -2.35. The zero-order valence-electron chi connectivity index (χ0n) is 10.7. The van der Waals surface area contributed by atoms with Gasteiger partial charge in [-0.1, -0.05) is 42.1 Å². The van der Waals surface area contributed by atoms with Crippen molar-refractivity contribution in [1.29, 1.82) is 0 Å². The smallest absolute Gasteiger partial charge is 0.296 e. The molecule has 3 rings (SSSR count). The van der Waals surface area contributed by atoms with Gasteiger partial charge in [-0.3, -0.25) is 9.05 Å². The van der Waals surface area contributed by atoms with Crippen LogP contribution >= 0.6 is 41.4 Å². The highest BCUT2D eigenvalue weighted by Gasteiger charge is 2.51. The molecule has 0 radical (unpaired) electrons. The molecular weight excluding hydrogens is 341 g/mol. The van der Waals surface area contributed by atoms with Crippen molar-refractivity contribution in [3.63, 3.8) is 0 Å². The first-order valence-electron chi connectivity index (χ1n) is 6.50. The highest BCUT2D eigenvalue weighted by atomic mass is 35.7. The summed E-state index contributed by atoms with van der Waals surface area (Å²) in [7, 11) is 0. The summed E-state index contributed by atoms with van der Waals surface area (Å²) >= 11 is 18.0. The molecule has 1 heterocycles. The van der Waals surface area contributed by atoms with Gasteiger partial charge in [0.1, 0.15) is 6.10 Å². The molecule has 2 aliphatic rings. The van der Waals surface area contributed by atoms with E-state index in [1.165, 1.54) is 0 Å². The molecule has 3 nitrogen and oxygen atoms in total. The normalized spacial score (nSPS) is 32.6. The van der Waals surface area contributed by atoms with Crippen LogP contribution in [-0.2, 0) is 13.6 Å². The van der Waals surface area contributed by atoms with Crippen molar-refractivity contribution >= 4 is 41.4 Å². The molecule has 2 fully saturated rings. The van der Waals surface area contributed by atoms with Crippen molar-refractivity contribution in [3.05, 3.63) is 33.8 Å². The van der Waals surface area contributed by atoms with Crippen molar-refractivity contribution < 1.29 is 13.6 Å². The van der Waals surface area contributed by atoms with Gasteiger partial charge in [-0.2, -0.15) is 0 Å². The van der Waals surface area contributed by atoms with Crippen LogP contribution in [0.5, 0.6) is 0 Å². The number of hydrogen-bond acceptors (Lipinski definition) is 3. The van der Waals surface area contributed by atoms with Gasteiger partial charge in [0.2, 0.25) is 0 Å². The zero-order chi connectivity index (χ0) is 14.4. The van der Waals surface area contributed by atoms with Crippen molar-refractivity contribution in [3.8, 4) is 0 Å². The highest BCUT2D eigenvalue weighted by molar-refractivity contribution is 7.81. The van der Waals surface area contributed by atoms with E-state index in [0.717, 1.165) is 31.2 Å². The van der Waals surface area contributed by atoms with E-state index >= 15 is 0 Å². The van der Waals surface area contributed by atoms with Crippen LogP contribution in [0.1, 0.15) is 37.4 Å². The summed E-state index contributed by atoms with van der Waals surface area (Å²) in [5, 5.41) is 1.06. The van der Waals surface area contributed by atoms with Gasteiger partial charge in [-0.15, -0.1) is 0 Å². The summed E-state index contributed by atoms with van der Waals surface area (Å²) in [4.78, 5) is 0. The summed E-state index contributed by atoms with van der Waals surface area (Å²) in [6.45, 7) is -3.19. The number of rotatable bonds is 1. The first-order chi connectivity index (χ1) is 9.42. The second kappa shape index (κ2) is 5.46.